The van der Waals surface area contributed by atoms with E-state index < -0.39 is 0 Å². The van der Waals surface area contributed by atoms with Crippen LogP contribution >= 0.6 is 0 Å². The number of aromatic nitrogens is 4. The van der Waals surface area contributed by atoms with Crippen LogP contribution in [-0.2, 0) is 6.54 Å². The average molecular weight is 308 g/mol. The van der Waals surface area contributed by atoms with Crippen LogP contribution in [0.3, 0.4) is 0 Å². The number of anilines is 1. The SMILES string of the molecule is c1ccc(CN2CCCC(Nc3nccn4cnnc34)C2)cc1. The molecule has 118 valence electrons. The van der Waals surface area contributed by atoms with Crippen LogP contribution < -0.4 is 5.32 Å². The predicted molar refractivity (Wildman–Crippen MR) is 89.1 cm³/mol. The Morgan fingerprint density at radius 3 is 3.04 bits per heavy atom. The van der Waals surface area contributed by atoms with Gasteiger partial charge in [-0.05, 0) is 24.9 Å². The first-order valence-corrected chi connectivity index (χ1v) is 8.06. The van der Waals surface area contributed by atoms with E-state index in [9.17, 15) is 0 Å². The molecule has 4 rings (SSSR count). The lowest BCUT2D eigenvalue weighted by atomic mass is 10.0. The Labute approximate surface area is 135 Å². The van der Waals surface area contributed by atoms with E-state index in [1.807, 2.05) is 10.6 Å². The summed E-state index contributed by atoms with van der Waals surface area (Å²) in [5, 5.41) is 11.6. The number of benzene rings is 1. The van der Waals surface area contributed by atoms with Gasteiger partial charge >= 0.3 is 0 Å². The Morgan fingerprint density at radius 1 is 1.22 bits per heavy atom. The lowest BCUT2D eigenvalue weighted by molar-refractivity contribution is 0.208. The largest absolute Gasteiger partial charge is 0.363 e. The van der Waals surface area contributed by atoms with Crippen molar-refractivity contribution in [2.45, 2.75) is 25.4 Å². The number of nitrogens with zero attached hydrogens (tertiary/aromatic N) is 5. The second-order valence-electron chi connectivity index (χ2n) is 6.04. The van der Waals surface area contributed by atoms with Gasteiger partial charge in [0.2, 0.25) is 5.65 Å². The molecule has 1 fully saturated rings. The second kappa shape index (κ2) is 6.34. The Hall–Kier alpha value is -2.47. The van der Waals surface area contributed by atoms with Crippen LogP contribution in [0.15, 0.2) is 49.1 Å². The van der Waals surface area contributed by atoms with E-state index in [1.54, 1.807) is 12.5 Å². The second-order valence-corrected chi connectivity index (χ2v) is 6.04. The maximum atomic E-state index is 4.43. The monoisotopic (exact) mass is 308 g/mol. The molecule has 1 unspecified atom stereocenters. The predicted octanol–water partition coefficient (Wildman–Crippen LogP) is 2.20. The summed E-state index contributed by atoms with van der Waals surface area (Å²) in [4.78, 5) is 6.93. The summed E-state index contributed by atoms with van der Waals surface area (Å²) in [5.41, 5.74) is 2.15. The van der Waals surface area contributed by atoms with E-state index in [0.717, 1.165) is 37.5 Å². The third-order valence-electron chi connectivity index (χ3n) is 4.31. The van der Waals surface area contributed by atoms with Crippen molar-refractivity contribution in [3.05, 3.63) is 54.6 Å². The van der Waals surface area contributed by atoms with Gasteiger partial charge in [-0.3, -0.25) is 9.30 Å². The van der Waals surface area contributed by atoms with E-state index in [2.05, 4.69) is 55.7 Å². The smallest absolute Gasteiger partial charge is 0.203 e. The summed E-state index contributed by atoms with van der Waals surface area (Å²) < 4.78 is 1.89. The molecule has 0 amide bonds. The molecule has 1 aliphatic rings. The van der Waals surface area contributed by atoms with E-state index >= 15 is 0 Å². The molecule has 1 atom stereocenters. The number of piperidine rings is 1. The van der Waals surface area contributed by atoms with Crippen LogP contribution in [0.5, 0.6) is 0 Å². The molecule has 1 aromatic carbocycles. The van der Waals surface area contributed by atoms with Crippen LogP contribution in [0, 0.1) is 0 Å². The van der Waals surface area contributed by atoms with Gasteiger partial charge in [0, 0.05) is 31.5 Å². The number of nitrogens with one attached hydrogen (secondary N) is 1. The zero-order valence-corrected chi connectivity index (χ0v) is 13.0. The van der Waals surface area contributed by atoms with Crippen molar-refractivity contribution >= 4 is 11.5 Å². The van der Waals surface area contributed by atoms with Gasteiger partial charge in [0.1, 0.15) is 6.33 Å². The van der Waals surface area contributed by atoms with E-state index in [4.69, 9.17) is 0 Å². The van der Waals surface area contributed by atoms with Gasteiger partial charge in [-0.2, -0.15) is 0 Å². The lowest BCUT2D eigenvalue weighted by Gasteiger charge is -2.33. The summed E-state index contributed by atoms with van der Waals surface area (Å²) in [6, 6.07) is 11.0. The van der Waals surface area contributed by atoms with Crippen LogP contribution in [0.1, 0.15) is 18.4 Å². The number of likely N-dealkylation sites (tertiary alicyclic amines) is 1. The van der Waals surface area contributed by atoms with Gasteiger partial charge in [-0.25, -0.2) is 4.98 Å². The number of fused-ring (bicyclic) bond motifs is 1. The first kappa shape index (κ1) is 14.1. The molecular weight excluding hydrogens is 288 g/mol. The minimum absolute atomic E-state index is 0.392. The minimum atomic E-state index is 0.392. The molecule has 3 heterocycles. The van der Waals surface area contributed by atoms with Crippen molar-refractivity contribution < 1.29 is 0 Å². The summed E-state index contributed by atoms with van der Waals surface area (Å²) in [5.74, 6) is 0.816. The molecule has 1 aliphatic heterocycles. The third kappa shape index (κ3) is 3.17. The molecule has 0 spiro atoms. The van der Waals surface area contributed by atoms with Gasteiger partial charge in [0.25, 0.3) is 0 Å². The fraction of sp³-hybridized carbons (Fsp3) is 0.353. The Bertz CT molecular complexity index is 769. The molecule has 3 aromatic rings. The van der Waals surface area contributed by atoms with Crippen LogP contribution in [0.25, 0.3) is 5.65 Å². The normalized spacial score (nSPS) is 19.0. The van der Waals surface area contributed by atoms with Gasteiger partial charge < -0.3 is 5.32 Å². The van der Waals surface area contributed by atoms with E-state index in [-0.39, 0.29) is 0 Å². The van der Waals surface area contributed by atoms with Crippen LogP contribution in [-0.4, -0.2) is 43.6 Å². The molecule has 23 heavy (non-hydrogen) atoms. The molecule has 0 radical (unpaired) electrons. The summed E-state index contributed by atoms with van der Waals surface area (Å²) in [6.45, 7) is 3.17. The van der Waals surface area contributed by atoms with Crippen molar-refractivity contribution in [1.82, 2.24) is 24.5 Å². The highest BCUT2D eigenvalue weighted by atomic mass is 15.3. The lowest BCUT2D eigenvalue weighted by Crippen LogP contribution is -2.41. The minimum Gasteiger partial charge on any atom is -0.363 e. The zero-order chi connectivity index (χ0) is 15.5. The highest BCUT2D eigenvalue weighted by Gasteiger charge is 2.21. The molecule has 1 N–H and O–H groups in total. The summed E-state index contributed by atoms with van der Waals surface area (Å²) in [6.07, 6.45) is 7.69. The highest BCUT2D eigenvalue weighted by Crippen LogP contribution is 2.18. The van der Waals surface area contributed by atoms with Crippen LogP contribution in [0.2, 0.25) is 0 Å². The van der Waals surface area contributed by atoms with Gasteiger partial charge in [-0.1, -0.05) is 30.3 Å². The Kier molecular flexibility index (Phi) is 3.90. The van der Waals surface area contributed by atoms with E-state index in [1.165, 1.54) is 12.0 Å². The molecule has 0 bridgehead atoms. The zero-order valence-electron chi connectivity index (χ0n) is 13.0. The number of rotatable bonds is 4. The van der Waals surface area contributed by atoms with Crippen molar-refractivity contribution in [3.8, 4) is 0 Å². The first-order chi connectivity index (χ1) is 11.4. The quantitative estimate of drug-likeness (QED) is 0.801. The Balaban J connectivity index is 1.44. The van der Waals surface area contributed by atoms with Crippen molar-refractivity contribution in [3.63, 3.8) is 0 Å². The van der Waals surface area contributed by atoms with Crippen LogP contribution in [0.4, 0.5) is 5.82 Å². The van der Waals surface area contributed by atoms with Crippen molar-refractivity contribution in [2.75, 3.05) is 18.4 Å². The molecule has 0 aliphatic carbocycles. The maximum absolute atomic E-state index is 4.43. The maximum Gasteiger partial charge on any atom is 0.203 e. The Morgan fingerprint density at radius 2 is 2.13 bits per heavy atom. The topological polar surface area (TPSA) is 58.4 Å². The third-order valence-corrected chi connectivity index (χ3v) is 4.31. The molecule has 0 saturated carbocycles. The van der Waals surface area contributed by atoms with Gasteiger partial charge in [-0.15, -0.1) is 10.2 Å². The number of hydrogen-bond donors (Lipinski definition) is 1. The molecule has 1 saturated heterocycles. The summed E-state index contributed by atoms with van der Waals surface area (Å²) in [7, 11) is 0. The number of hydrogen-bond acceptors (Lipinski definition) is 5. The first-order valence-electron chi connectivity index (χ1n) is 8.06. The fourth-order valence-corrected chi connectivity index (χ4v) is 3.21. The highest BCUT2D eigenvalue weighted by molar-refractivity contribution is 5.61. The fourth-order valence-electron chi connectivity index (χ4n) is 3.21. The molecule has 6 heteroatoms. The van der Waals surface area contributed by atoms with Crippen molar-refractivity contribution in [1.29, 1.82) is 0 Å². The average Bonchev–Trinajstić information content (AvgIpc) is 3.06. The van der Waals surface area contributed by atoms with Gasteiger partial charge in [0.15, 0.2) is 5.82 Å². The van der Waals surface area contributed by atoms with Crippen molar-refractivity contribution in [2.24, 2.45) is 0 Å². The molecule has 2 aromatic heterocycles. The van der Waals surface area contributed by atoms with Gasteiger partial charge in [0.05, 0.1) is 0 Å². The molecular formula is C17H20N6. The summed E-state index contributed by atoms with van der Waals surface area (Å²) >= 11 is 0. The standard InChI is InChI=1S/C17H20N6/c1-2-5-14(6-3-1)11-22-9-4-7-15(12-22)20-16-17-21-19-13-23(17)10-8-18-16/h1-3,5-6,8,10,13,15H,4,7,9,11-12H2,(H,18,20). The molecule has 6 nitrogen and oxygen atoms in total. The van der Waals surface area contributed by atoms with E-state index in [0.29, 0.717) is 6.04 Å².